The normalized spacial score (nSPS) is 13.2. The van der Waals surface area contributed by atoms with Crippen LogP contribution in [0.4, 0.5) is 5.69 Å². The van der Waals surface area contributed by atoms with Crippen LogP contribution in [0.25, 0.3) is 0 Å². The van der Waals surface area contributed by atoms with Gasteiger partial charge in [-0.1, -0.05) is 61.0 Å². The predicted molar refractivity (Wildman–Crippen MR) is 87.8 cm³/mol. The summed E-state index contributed by atoms with van der Waals surface area (Å²) in [5.74, 6) is 0. The van der Waals surface area contributed by atoms with Crippen molar-refractivity contribution in [2.45, 2.75) is 32.3 Å². The van der Waals surface area contributed by atoms with E-state index >= 15 is 0 Å². The number of nitrogen functional groups attached to an aromatic ring is 1. The lowest BCUT2D eigenvalue weighted by Gasteiger charge is -2.20. The Labute approximate surface area is 128 Å². The zero-order chi connectivity index (χ0) is 14.9. The molecule has 0 spiro atoms. The lowest BCUT2D eigenvalue weighted by atomic mass is 9.86. The fourth-order valence-electron chi connectivity index (χ4n) is 2.13. The first-order valence-electron chi connectivity index (χ1n) is 6.62. The van der Waals surface area contributed by atoms with E-state index in [1.54, 1.807) is 6.07 Å². The van der Waals surface area contributed by atoms with Gasteiger partial charge < -0.3 is 10.8 Å². The molecule has 3 N–H and O–H groups in total. The summed E-state index contributed by atoms with van der Waals surface area (Å²) in [7, 11) is 0. The fraction of sp³-hybridized carbons (Fsp3) is 0.294. The van der Waals surface area contributed by atoms with E-state index in [9.17, 15) is 5.11 Å². The van der Waals surface area contributed by atoms with Gasteiger partial charge in [0, 0.05) is 15.7 Å². The molecule has 0 aromatic heterocycles. The molecule has 1 atom stereocenters. The van der Waals surface area contributed by atoms with Crippen molar-refractivity contribution >= 4 is 21.6 Å². The quantitative estimate of drug-likeness (QED) is 0.799. The van der Waals surface area contributed by atoms with Gasteiger partial charge in [0.15, 0.2) is 0 Å². The Hall–Kier alpha value is -1.32. The number of aliphatic hydroxyl groups excluding tert-OH is 1. The molecule has 0 bridgehead atoms. The molecule has 0 aliphatic rings. The zero-order valence-electron chi connectivity index (χ0n) is 12.0. The Balaban J connectivity index is 2.34. The van der Waals surface area contributed by atoms with Crippen LogP contribution in [0.15, 0.2) is 46.9 Å². The zero-order valence-corrected chi connectivity index (χ0v) is 13.6. The largest absolute Gasteiger partial charge is 0.398 e. The van der Waals surface area contributed by atoms with E-state index in [0.29, 0.717) is 5.69 Å². The molecule has 0 amide bonds. The number of hydrogen-bond acceptors (Lipinski definition) is 2. The highest BCUT2D eigenvalue weighted by atomic mass is 79.9. The average molecular weight is 334 g/mol. The van der Waals surface area contributed by atoms with E-state index in [0.717, 1.165) is 15.6 Å². The van der Waals surface area contributed by atoms with Gasteiger partial charge >= 0.3 is 0 Å². The van der Waals surface area contributed by atoms with Crippen LogP contribution in [0.3, 0.4) is 0 Å². The van der Waals surface area contributed by atoms with Crippen LogP contribution < -0.4 is 5.73 Å². The second-order valence-corrected chi connectivity index (χ2v) is 6.96. The average Bonchev–Trinajstić information content (AvgIpc) is 2.40. The SMILES string of the molecule is CC(C)(C)c1ccc(C(O)c2cc(Br)ccc2N)cc1. The highest BCUT2D eigenvalue weighted by Gasteiger charge is 2.17. The lowest BCUT2D eigenvalue weighted by molar-refractivity contribution is 0.221. The number of anilines is 1. The molecule has 0 radical (unpaired) electrons. The van der Waals surface area contributed by atoms with Crippen LogP contribution >= 0.6 is 15.9 Å². The van der Waals surface area contributed by atoms with Gasteiger partial charge in [-0.15, -0.1) is 0 Å². The summed E-state index contributed by atoms with van der Waals surface area (Å²) in [4.78, 5) is 0. The van der Waals surface area contributed by atoms with Crippen molar-refractivity contribution in [3.05, 3.63) is 63.6 Å². The topological polar surface area (TPSA) is 46.2 Å². The van der Waals surface area contributed by atoms with Crippen molar-refractivity contribution in [1.29, 1.82) is 0 Å². The summed E-state index contributed by atoms with van der Waals surface area (Å²) in [5, 5.41) is 10.5. The van der Waals surface area contributed by atoms with E-state index in [2.05, 4.69) is 48.8 Å². The van der Waals surface area contributed by atoms with Gasteiger partial charge in [-0.2, -0.15) is 0 Å². The third-order valence-electron chi connectivity index (χ3n) is 3.44. The van der Waals surface area contributed by atoms with Gasteiger partial charge in [-0.05, 0) is 34.7 Å². The van der Waals surface area contributed by atoms with E-state index < -0.39 is 6.10 Å². The Bertz CT molecular complexity index is 599. The molecule has 20 heavy (non-hydrogen) atoms. The molecular weight excluding hydrogens is 314 g/mol. The molecule has 2 aromatic rings. The van der Waals surface area contributed by atoms with Crippen LogP contribution in [0.1, 0.15) is 43.6 Å². The highest BCUT2D eigenvalue weighted by Crippen LogP contribution is 2.30. The molecule has 2 rings (SSSR count). The van der Waals surface area contributed by atoms with Crippen LogP contribution in [0.2, 0.25) is 0 Å². The summed E-state index contributed by atoms with van der Waals surface area (Å²) in [6.45, 7) is 6.51. The first-order valence-corrected chi connectivity index (χ1v) is 7.42. The number of benzene rings is 2. The number of aliphatic hydroxyl groups is 1. The van der Waals surface area contributed by atoms with Crippen molar-refractivity contribution in [3.8, 4) is 0 Å². The molecule has 0 aliphatic carbocycles. The van der Waals surface area contributed by atoms with Crippen LogP contribution in [-0.4, -0.2) is 5.11 Å². The van der Waals surface area contributed by atoms with Gasteiger partial charge in [-0.25, -0.2) is 0 Å². The van der Waals surface area contributed by atoms with Crippen LogP contribution in [0, 0.1) is 0 Å². The predicted octanol–water partition coefficient (Wildman–Crippen LogP) is 4.41. The van der Waals surface area contributed by atoms with Crippen molar-refractivity contribution in [1.82, 2.24) is 0 Å². The molecular formula is C17H20BrNO. The molecule has 0 aliphatic heterocycles. The lowest BCUT2D eigenvalue weighted by Crippen LogP contribution is -2.11. The minimum Gasteiger partial charge on any atom is -0.398 e. The number of rotatable bonds is 2. The molecule has 3 heteroatoms. The molecule has 106 valence electrons. The summed E-state index contributed by atoms with van der Waals surface area (Å²) in [6, 6.07) is 13.6. The summed E-state index contributed by atoms with van der Waals surface area (Å²) in [5.41, 5.74) is 9.47. The number of nitrogens with two attached hydrogens (primary N) is 1. The van der Waals surface area contributed by atoms with Gasteiger partial charge in [0.1, 0.15) is 6.10 Å². The maximum atomic E-state index is 10.5. The molecule has 2 aromatic carbocycles. The van der Waals surface area contributed by atoms with Gasteiger partial charge in [0.25, 0.3) is 0 Å². The summed E-state index contributed by atoms with van der Waals surface area (Å²) in [6.07, 6.45) is -0.707. The van der Waals surface area contributed by atoms with Crippen molar-refractivity contribution in [2.24, 2.45) is 0 Å². The maximum Gasteiger partial charge on any atom is 0.106 e. The highest BCUT2D eigenvalue weighted by molar-refractivity contribution is 9.10. The molecule has 0 saturated carbocycles. The molecule has 0 heterocycles. The minimum atomic E-state index is -0.707. The van der Waals surface area contributed by atoms with Crippen molar-refractivity contribution in [2.75, 3.05) is 5.73 Å². The number of hydrogen-bond donors (Lipinski definition) is 2. The maximum absolute atomic E-state index is 10.5. The van der Waals surface area contributed by atoms with E-state index in [1.807, 2.05) is 24.3 Å². The molecule has 2 nitrogen and oxygen atoms in total. The van der Waals surface area contributed by atoms with Gasteiger partial charge in [-0.3, -0.25) is 0 Å². The van der Waals surface area contributed by atoms with E-state index in [1.165, 1.54) is 5.56 Å². The third-order valence-corrected chi connectivity index (χ3v) is 3.93. The monoisotopic (exact) mass is 333 g/mol. The Kier molecular flexibility index (Phi) is 4.21. The van der Waals surface area contributed by atoms with E-state index in [-0.39, 0.29) is 5.41 Å². The standard InChI is InChI=1S/C17H20BrNO/c1-17(2,3)12-6-4-11(5-7-12)16(20)14-10-13(18)8-9-15(14)19/h4-10,16,20H,19H2,1-3H3. The molecule has 0 saturated heterocycles. The Morgan fingerprint density at radius 3 is 2.20 bits per heavy atom. The van der Waals surface area contributed by atoms with Gasteiger partial charge in [0.05, 0.1) is 0 Å². The first-order chi connectivity index (χ1) is 9.29. The second kappa shape index (κ2) is 5.58. The molecule has 1 unspecified atom stereocenters. The van der Waals surface area contributed by atoms with Crippen molar-refractivity contribution < 1.29 is 5.11 Å². The Morgan fingerprint density at radius 1 is 1.05 bits per heavy atom. The minimum absolute atomic E-state index is 0.109. The first kappa shape index (κ1) is 15.1. The van der Waals surface area contributed by atoms with E-state index in [4.69, 9.17) is 5.73 Å². The van der Waals surface area contributed by atoms with Gasteiger partial charge in [0.2, 0.25) is 0 Å². The summed E-state index contributed by atoms with van der Waals surface area (Å²) >= 11 is 3.41. The Morgan fingerprint density at radius 2 is 1.65 bits per heavy atom. The summed E-state index contributed by atoms with van der Waals surface area (Å²) < 4.78 is 0.909. The second-order valence-electron chi connectivity index (χ2n) is 6.05. The fourth-order valence-corrected chi connectivity index (χ4v) is 2.51. The van der Waals surface area contributed by atoms with Crippen molar-refractivity contribution in [3.63, 3.8) is 0 Å². The molecule has 0 fully saturated rings. The van der Waals surface area contributed by atoms with Crippen LogP contribution in [0.5, 0.6) is 0 Å². The smallest absolute Gasteiger partial charge is 0.106 e. The third kappa shape index (κ3) is 3.22. The van der Waals surface area contributed by atoms with Crippen LogP contribution in [-0.2, 0) is 5.41 Å². The number of halogens is 1.